The number of fused-ring (bicyclic) bond motifs is 1. The van der Waals surface area contributed by atoms with Gasteiger partial charge < -0.3 is 5.32 Å². The Hall–Kier alpha value is -1.06. The van der Waals surface area contributed by atoms with Crippen molar-refractivity contribution < 1.29 is 4.79 Å². The number of halogens is 2. The minimum atomic E-state index is -0.187. The molecule has 0 unspecified atom stereocenters. The first-order valence-corrected chi connectivity index (χ1v) is 8.02. The maximum Gasteiger partial charge on any atom is 0.251 e. The van der Waals surface area contributed by atoms with Crippen LogP contribution in [0.1, 0.15) is 29.6 Å². The van der Waals surface area contributed by atoms with E-state index in [0.29, 0.717) is 11.4 Å². The number of benzene rings is 2. The van der Waals surface area contributed by atoms with Crippen LogP contribution in [0.25, 0.3) is 10.8 Å². The highest BCUT2D eigenvalue weighted by Gasteiger charge is 2.37. The van der Waals surface area contributed by atoms with Crippen LogP contribution in [0.15, 0.2) is 40.9 Å². The van der Waals surface area contributed by atoms with Gasteiger partial charge in [0.2, 0.25) is 0 Å². The van der Waals surface area contributed by atoms with Gasteiger partial charge in [-0.2, -0.15) is 0 Å². The summed E-state index contributed by atoms with van der Waals surface area (Å²) in [5.41, 5.74) is 0.504. The third-order valence-corrected chi connectivity index (χ3v) is 5.01. The maximum atomic E-state index is 12.3. The van der Waals surface area contributed by atoms with Gasteiger partial charge in [0.25, 0.3) is 5.91 Å². The molecule has 0 aromatic heterocycles. The van der Waals surface area contributed by atoms with Crippen LogP contribution >= 0.6 is 27.5 Å². The number of amides is 1. The van der Waals surface area contributed by atoms with Gasteiger partial charge in [-0.15, -0.1) is 11.6 Å². The molecule has 1 aliphatic rings. The Morgan fingerprint density at radius 1 is 1.20 bits per heavy atom. The SMILES string of the molecule is O=C(NC1(CCl)CCC1)c1ccc2cc(Br)ccc2c1. The second kappa shape index (κ2) is 5.38. The van der Waals surface area contributed by atoms with Gasteiger partial charge in [0.05, 0.1) is 5.54 Å². The summed E-state index contributed by atoms with van der Waals surface area (Å²) in [6, 6.07) is 11.8. The molecule has 0 atom stereocenters. The van der Waals surface area contributed by atoms with Gasteiger partial charge in [-0.05, 0) is 54.3 Å². The lowest BCUT2D eigenvalue weighted by Crippen LogP contribution is -2.55. The topological polar surface area (TPSA) is 29.1 Å². The molecule has 20 heavy (non-hydrogen) atoms. The number of nitrogens with one attached hydrogen (secondary N) is 1. The number of alkyl halides is 1. The van der Waals surface area contributed by atoms with Crippen LogP contribution in [0, 0.1) is 0 Å². The number of rotatable bonds is 3. The predicted molar refractivity (Wildman–Crippen MR) is 86.4 cm³/mol. The van der Waals surface area contributed by atoms with E-state index in [1.807, 2.05) is 36.4 Å². The molecule has 0 aliphatic heterocycles. The van der Waals surface area contributed by atoms with Crippen molar-refractivity contribution in [3.05, 3.63) is 46.4 Å². The minimum Gasteiger partial charge on any atom is -0.345 e. The van der Waals surface area contributed by atoms with Crippen LogP contribution in [-0.4, -0.2) is 17.3 Å². The summed E-state index contributed by atoms with van der Waals surface area (Å²) in [5, 5.41) is 5.27. The fraction of sp³-hybridized carbons (Fsp3) is 0.312. The first-order chi connectivity index (χ1) is 9.62. The second-order valence-electron chi connectivity index (χ2n) is 5.43. The summed E-state index contributed by atoms with van der Waals surface area (Å²) in [6.07, 6.45) is 3.09. The van der Waals surface area contributed by atoms with Crippen LogP contribution < -0.4 is 5.32 Å². The molecule has 2 aromatic carbocycles. The van der Waals surface area contributed by atoms with Crippen molar-refractivity contribution in [2.75, 3.05) is 5.88 Å². The van der Waals surface area contributed by atoms with E-state index in [1.165, 1.54) is 0 Å². The molecular formula is C16H15BrClNO. The maximum absolute atomic E-state index is 12.3. The average Bonchev–Trinajstić information content (AvgIpc) is 2.42. The summed E-state index contributed by atoms with van der Waals surface area (Å²) < 4.78 is 1.04. The first-order valence-electron chi connectivity index (χ1n) is 6.70. The molecule has 0 radical (unpaired) electrons. The zero-order chi connectivity index (χ0) is 14.2. The summed E-state index contributed by atoms with van der Waals surface area (Å²) in [7, 11) is 0. The predicted octanol–water partition coefficient (Wildman–Crippen LogP) is 4.49. The molecule has 0 heterocycles. The van der Waals surface area contributed by atoms with Gasteiger partial charge in [-0.25, -0.2) is 0 Å². The fourth-order valence-corrected chi connectivity index (χ4v) is 3.28. The second-order valence-corrected chi connectivity index (χ2v) is 6.61. The van der Waals surface area contributed by atoms with Crippen molar-refractivity contribution >= 4 is 44.2 Å². The van der Waals surface area contributed by atoms with Crippen molar-refractivity contribution in [2.45, 2.75) is 24.8 Å². The summed E-state index contributed by atoms with van der Waals surface area (Å²) in [4.78, 5) is 12.3. The molecule has 1 saturated carbocycles. The Bertz CT molecular complexity index is 661. The number of hydrogen-bond donors (Lipinski definition) is 1. The Morgan fingerprint density at radius 2 is 1.90 bits per heavy atom. The minimum absolute atomic E-state index is 0.0323. The fourth-order valence-electron chi connectivity index (χ4n) is 2.57. The standard InChI is InChI=1S/C16H15BrClNO/c17-14-5-4-11-8-13(3-2-12(11)9-14)15(20)19-16(10-18)6-1-7-16/h2-5,8-9H,1,6-7,10H2,(H,19,20). The molecule has 1 aliphatic carbocycles. The van der Waals surface area contributed by atoms with Crippen molar-refractivity contribution in [3.63, 3.8) is 0 Å². The Kier molecular flexibility index (Phi) is 3.74. The quantitative estimate of drug-likeness (QED) is 0.810. The Balaban J connectivity index is 1.86. The molecule has 1 fully saturated rings. The molecule has 2 nitrogen and oxygen atoms in total. The van der Waals surface area contributed by atoms with E-state index in [4.69, 9.17) is 11.6 Å². The van der Waals surface area contributed by atoms with Gasteiger partial charge in [0, 0.05) is 15.9 Å². The van der Waals surface area contributed by atoms with Crippen molar-refractivity contribution in [1.82, 2.24) is 5.32 Å². The largest absolute Gasteiger partial charge is 0.345 e. The van der Waals surface area contributed by atoms with E-state index in [2.05, 4.69) is 21.2 Å². The molecule has 2 aromatic rings. The summed E-state index contributed by atoms with van der Waals surface area (Å²) in [6.45, 7) is 0. The normalized spacial score (nSPS) is 16.7. The molecule has 4 heteroatoms. The van der Waals surface area contributed by atoms with E-state index in [9.17, 15) is 4.79 Å². The van der Waals surface area contributed by atoms with Crippen LogP contribution in [0.4, 0.5) is 0 Å². The van der Waals surface area contributed by atoms with Gasteiger partial charge in [-0.3, -0.25) is 4.79 Å². The average molecular weight is 353 g/mol. The van der Waals surface area contributed by atoms with E-state index in [-0.39, 0.29) is 11.4 Å². The van der Waals surface area contributed by atoms with E-state index >= 15 is 0 Å². The lowest BCUT2D eigenvalue weighted by Gasteiger charge is -2.41. The molecule has 104 valence electrons. The number of carbonyl (C=O) groups excluding carboxylic acids is 1. The van der Waals surface area contributed by atoms with E-state index in [1.54, 1.807) is 0 Å². The van der Waals surface area contributed by atoms with Crippen LogP contribution in [0.3, 0.4) is 0 Å². The van der Waals surface area contributed by atoms with Crippen molar-refractivity contribution in [1.29, 1.82) is 0 Å². The monoisotopic (exact) mass is 351 g/mol. The molecule has 0 bridgehead atoms. The van der Waals surface area contributed by atoms with Gasteiger partial charge in [0.15, 0.2) is 0 Å². The Morgan fingerprint density at radius 3 is 2.55 bits per heavy atom. The van der Waals surface area contributed by atoms with E-state index in [0.717, 1.165) is 34.5 Å². The van der Waals surface area contributed by atoms with Crippen LogP contribution in [-0.2, 0) is 0 Å². The summed E-state index contributed by atoms with van der Waals surface area (Å²) >= 11 is 9.44. The molecule has 0 spiro atoms. The van der Waals surface area contributed by atoms with Gasteiger partial charge in [-0.1, -0.05) is 28.1 Å². The third kappa shape index (κ3) is 2.57. The zero-order valence-electron chi connectivity index (χ0n) is 11.0. The number of hydrogen-bond acceptors (Lipinski definition) is 1. The molecule has 1 N–H and O–H groups in total. The van der Waals surface area contributed by atoms with Crippen molar-refractivity contribution in [3.8, 4) is 0 Å². The van der Waals surface area contributed by atoms with Gasteiger partial charge >= 0.3 is 0 Å². The highest BCUT2D eigenvalue weighted by molar-refractivity contribution is 9.10. The summed E-state index contributed by atoms with van der Waals surface area (Å²) in [5.74, 6) is 0.453. The van der Waals surface area contributed by atoms with E-state index < -0.39 is 0 Å². The van der Waals surface area contributed by atoms with Crippen molar-refractivity contribution in [2.24, 2.45) is 0 Å². The zero-order valence-corrected chi connectivity index (χ0v) is 13.3. The highest BCUT2D eigenvalue weighted by atomic mass is 79.9. The van der Waals surface area contributed by atoms with Gasteiger partial charge in [0.1, 0.15) is 0 Å². The number of carbonyl (C=O) groups is 1. The third-order valence-electron chi connectivity index (χ3n) is 4.01. The smallest absolute Gasteiger partial charge is 0.251 e. The Labute approximate surface area is 131 Å². The molecule has 3 rings (SSSR count). The first kappa shape index (κ1) is 13.9. The molecule has 1 amide bonds. The lowest BCUT2D eigenvalue weighted by atomic mass is 9.78. The molecular weight excluding hydrogens is 338 g/mol. The van der Waals surface area contributed by atoms with Crippen LogP contribution in [0.5, 0.6) is 0 Å². The van der Waals surface area contributed by atoms with Crippen LogP contribution in [0.2, 0.25) is 0 Å². The highest BCUT2D eigenvalue weighted by Crippen LogP contribution is 2.33. The molecule has 0 saturated heterocycles. The lowest BCUT2D eigenvalue weighted by molar-refractivity contribution is 0.0854.